The number of aliphatic hydroxyl groups excluding tert-OH is 1. The molecule has 0 spiro atoms. The molecule has 0 aromatic heterocycles. The summed E-state index contributed by atoms with van der Waals surface area (Å²) in [6.07, 6.45) is 14.1. The van der Waals surface area contributed by atoms with Gasteiger partial charge in [-0.3, -0.25) is 4.79 Å². The SMILES string of the molecule is CC(=O)NC(CO)C(=O)O.Cc1c(C)c2c(c(C)c1O)CC[C@@](C)(CCCC(C)CCCC(C)CCCC(C)C)O2. The molecule has 1 aliphatic heterocycles. The number of rotatable bonds is 15. The number of amides is 1. The van der Waals surface area contributed by atoms with Gasteiger partial charge < -0.3 is 25.4 Å². The molecule has 0 bridgehead atoms. The Labute approximate surface area is 249 Å². The van der Waals surface area contributed by atoms with E-state index in [0.29, 0.717) is 5.75 Å². The molecule has 41 heavy (non-hydrogen) atoms. The molecule has 0 fully saturated rings. The molecule has 4 atom stereocenters. The maximum Gasteiger partial charge on any atom is 0.328 e. The van der Waals surface area contributed by atoms with Gasteiger partial charge in [-0.25, -0.2) is 4.79 Å². The Bertz CT molecular complexity index is 975. The van der Waals surface area contributed by atoms with E-state index in [-0.39, 0.29) is 5.60 Å². The van der Waals surface area contributed by atoms with Crippen molar-refractivity contribution in [2.75, 3.05) is 6.61 Å². The van der Waals surface area contributed by atoms with Gasteiger partial charge in [0.1, 0.15) is 23.1 Å². The molecule has 0 aliphatic carbocycles. The molecule has 4 N–H and O–H groups in total. The van der Waals surface area contributed by atoms with E-state index < -0.39 is 24.5 Å². The van der Waals surface area contributed by atoms with E-state index in [0.717, 1.165) is 59.5 Å². The van der Waals surface area contributed by atoms with E-state index in [1.54, 1.807) is 0 Å². The second-order valence-electron chi connectivity index (χ2n) is 13.2. The van der Waals surface area contributed by atoms with Crippen LogP contribution >= 0.6 is 0 Å². The molecular weight excluding hydrogens is 518 g/mol. The van der Waals surface area contributed by atoms with Gasteiger partial charge in [0.2, 0.25) is 5.91 Å². The standard InChI is InChI=1S/C29H50O2.C5H9NO4/c1-20(2)12-9-13-21(3)14-10-15-22(4)16-11-18-29(8)19-17-26-25(7)27(30)23(5)24(6)28(26)31-29;1-3(8)6-4(2-7)5(9)10/h20-22,30H,9-19H2,1-8H3;4,7H,2H2,1H3,(H,6,8)(H,9,10)/t21?,22?,29-;/m1./s1. The van der Waals surface area contributed by atoms with Crippen LogP contribution in [0.3, 0.4) is 0 Å². The van der Waals surface area contributed by atoms with Crippen LogP contribution in [-0.4, -0.2) is 45.4 Å². The van der Waals surface area contributed by atoms with Crippen molar-refractivity contribution in [3.05, 3.63) is 22.3 Å². The maximum absolute atomic E-state index is 10.4. The molecule has 1 aromatic rings. The molecule has 236 valence electrons. The predicted octanol–water partition coefficient (Wildman–Crippen LogP) is 7.41. The van der Waals surface area contributed by atoms with Crippen molar-refractivity contribution in [3.8, 4) is 11.5 Å². The highest BCUT2D eigenvalue weighted by Gasteiger charge is 2.34. The summed E-state index contributed by atoms with van der Waals surface area (Å²) in [5.41, 5.74) is 4.23. The number of fused-ring (bicyclic) bond motifs is 1. The summed E-state index contributed by atoms with van der Waals surface area (Å²) in [5, 5.41) is 29.0. The lowest BCUT2D eigenvalue weighted by Gasteiger charge is -2.38. The quantitative estimate of drug-likeness (QED) is 0.172. The summed E-state index contributed by atoms with van der Waals surface area (Å²) in [7, 11) is 0. The van der Waals surface area contributed by atoms with Crippen LogP contribution in [0.4, 0.5) is 0 Å². The van der Waals surface area contributed by atoms with E-state index in [2.05, 4.69) is 41.5 Å². The van der Waals surface area contributed by atoms with Crippen molar-refractivity contribution >= 4 is 11.9 Å². The first kappa shape index (κ1) is 36.7. The third kappa shape index (κ3) is 12.6. The Balaban J connectivity index is 0.000000716. The number of carbonyl (C=O) groups is 2. The molecule has 3 unspecified atom stereocenters. The number of phenols is 1. The van der Waals surface area contributed by atoms with Crippen molar-refractivity contribution in [2.45, 2.75) is 145 Å². The Morgan fingerprint density at radius 2 is 1.44 bits per heavy atom. The van der Waals surface area contributed by atoms with Crippen LogP contribution in [0, 0.1) is 38.5 Å². The lowest BCUT2D eigenvalue weighted by Crippen LogP contribution is -2.42. The zero-order chi connectivity index (χ0) is 31.3. The van der Waals surface area contributed by atoms with E-state index in [1.165, 1.54) is 63.9 Å². The van der Waals surface area contributed by atoms with Gasteiger partial charge in [-0.15, -0.1) is 0 Å². The van der Waals surface area contributed by atoms with Crippen molar-refractivity contribution in [3.63, 3.8) is 0 Å². The molecular formula is C34H59NO6. The van der Waals surface area contributed by atoms with Crippen LogP contribution in [-0.2, 0) is 16.0 Å². The van der Waals surface area contributed by atoms with Crippen LogP contribution in [0.2, 0.25) is 0 Å². The van der Waals surface area contributed by atoms with Crippen LogP contribution in [0.1, 0.15) is 128 Å². The van der Waals surface area contributed by atoms with Crippen molar-refractivity contribution in [2.24, 2.45) is 17.8 Å². The fraction of sp³-hybridized carbons (Fsp3) is 0.765. The number of aliphatic hydroxyl groups is 1. The van der Waals surface area contributed by atoms with Gasteiger partial charge in [0, 0.05) is 12.5 Å². The second kappa shape index (κ2) is 17.6. The van der Waals surface area contributed by atoms with Crippen molar-refractivity contribution in [1.29, 1.82) is 0 Å². The third-order valence-corrected chi connectivity index (χ3v) is 8.73. The first-order valence-corrected chi connectivity index (χ1v) is 15.7. The molecule has 0 radical (unpaired) electrons. The predicted molar refractivity (Wildman–Crippen MR) is 167 cm³/mol. The smallest absolute Gasteiger partial charge is 0.328 e. The maximum atomic E-state index is 10.4. The first-order valence-electron chi connectivity index (χ1n) is 15.7. The topological polar surface area (TPSA) is 116 Å². The van der Waals surface area contributed by atoms with Crippen LogP contribution in [0.25, 0.3) is 0 Å². The fourth-order valence-electron chi connectivity index (χ4n) is 5.70. The summed E-state index contributed by atoms with van der Waals surface area (Å²) in [5.74, 6) is 2.33. The number of benzene rings is 1. The number of nitrogens with one attached hydrogen (secondary N) is 1. The number of aliphatic carboxylic acids is 1. The molecule has 1 amide bonds. The lowest BCUT2D eigenvalue weighted by molar-refractivity contribution is -0.142. The zero-order valence-corrected chi connectivity index (χ0v) is 27.4. The van der Waals surface area contributed by atoms with Gasteiger partial charge in [-0.2, -0.15) is 0 Å². The number of hydrogen-bond donors (Lipinski definition) is 4. The summed E-state index contributed by atoms with van der Waals surface area (Å²) >= 11 is 0. The van der Waals surface area contributed by atoms with Crippen molar-refractivity contribution < 1.29 is 29.6 Å². The van der Waals surface area contributed by atoms with E-state index in [4.69, 9.17) is 14.9 Å². The number of phenolic OH excluding ortho intramolecular Hbond substituents is 1. The third-order valence-electron chi connectivity index (χ3n) is 8.73. The Morgan fingerprint density at radius 1 is 0.902 bits per heavy atom. The molecule has 7 heteroatoms. The first-order chi connectivity index (χ1) is 19.1. The minimum absolute atomic E-state index is 0.0712. The van der Waals surface area contributed by atoms with Crippen LogP contribution in [0.15, 0.2) is 0 Å². The Kier molecular flexibility index (Phi) is 15.8. The normalized spacial score (nSPS) is 18.4. The summed E-state index contributed by atoms with van der Waals surface area (Å²) in [6.45, 7) is 18.5. The van der Waals surface area contributed by atoms with Gasteiger partial charge in [0.05, 0.1) is 6.61 Å². The summed E-state index contributed by atoms with van der Waals surface area (Å²) in [4.78, 5) is 20.3. The van der Waals surface area contributed by atoms with Gasteiger partial charge in [-0.05, 0) is 87.8 Å². The summed E-state index contributed by atoms with van der Waals surface area (Å²) < 4.78 is 6.60. The van der Waals surface area contributed by atoms with Gasteiger partial charge in [0.15, 0.2) is 0 Å². The highest BCUT2D eigenvalue weighted by molar-refractivity contribution is 5.82. The number of ether oxygens (including phenoxy) is 1. The molecule has 0 saturated carbocycles. The highest BCUT2D eigenvalue weighted by atomic mass is 16.5. The fourth-order valence-corrected chi connectivity index (χ4v) is 5.70. The number of carbonyl (C=O) groups excluding carboxylic acids is 1. The molecule has 1 aromatic carbocycles. The number of hydrogen-bond acceptors (Lipinski definition) is 5. The molecule has 1 aliphatic rings. The van der Waals surface area contributed by atoms with E-state index in [9.17, 15) is 14.7 Å². The Morgan fingerprint density at radius 3 is 1.90 bits per heavy atom. The van der Waals surface area contributed by atoms with Crippen LogP contribution in [0.5, 0.6) is 11.5 Å². The second-order valence-corrected chi connectivity index (χ2v) is 13.2. The van der Waals surface area contributed by atoms with Crippen LogP contribution < -0.4 is 10.1 Å². The largest absolute Gasteiger partial charge is 0.507 e. The van der Waals surface area contributed by atoms with E-state index >= 15 is 0 Å². The van der Waals surface area contributed by atoms with E-state index in [1.807, 2.05) is 19.2 Å². The number of carboxylic acid groups (broad SMARTS) is 1. The monoisotopic (exact) mass is 577 g/mol. The number of carboxylic acids is 1. The minimum atomic E-state index is -1.24. The minimum Gasteiger partial charge on any atom is -0.507 e. The van der Waals surface area contributed by atoms with Crippen molar-refractivity contribution in [1.82, 2.24) is 5.32 Å². The van der Waals surface area contributed by atoms with Gasteiger partial charge >= 0.3 is 5.97 Å². The molecule has 1 heterocycles. The molecule has 2 rings (SSSR count). The lowest BCUT2D eigenvalue weighted by atomic mass is 9.84. The highest BCUT2D eigenvalue weighted by Crippen LogP contribution is 2.44. The molecule has 7 nitrogen and oxygen atoms in total. The summed E-state index contributed by atoms with van der Waals surface area (Å²) in [6, 6.07) is -1.18. The Hall–Kier alpha value is -2.28. The molecule has 0 saturated heterocycles. The van der Waals surface area contributed by atoms with Gasteiger partial charge in [0.25, 0.3) is 0 Å². The van der Waals surface area contributed by atoms with Gasteiger partial charge in [-0.1, -0.05) is 72.6 Å². The zero-order valence-electron chi connectivity index (χ0n) is 27.4. The average Bonchev–Trinajstić information content (AvgIpc) is 2.89. The number of aromatic hydroxyl groups is 1. The average molecular weight is 578 g/mol.